The van der Waals surface area contributed by atoms with E-state index in [-0.39, 0.29) is 6.09 Å². The quantitative estimate of drug-likeness (QED) is 0.744. The van der Waals surface area contributed by atoms with Crippen LogP contribution in [0, 0.1) is 11.8 Å². The zero-order valence-corrected chi connectivity index (χ0v) is 10.6. The zero-order chi connectivity index (χ0) is 11.8. The first-order valence-corrected chi connectivity index (χ1v) is 6.43. The topological polar surface area (TPSA) is 38.3 Å². The van der Waals surface area contributed by atoms with Gasteiger partial charge >= 0.3 is 6.09 Å². The second-order valence-electron chi connectivity index (χ2n) is 6.25. The summed E-state index contributed by atoms with van der Waals surface area (Å²) in [5, 5.41) is 3.00. The number of carbonyl (C=O) groups is 1. The smallest absolute Gasteiger partial charge is 0.407 e. The largest absolute Gasteiger partial charge is 0.444 e. The molecular formula is C13H23NO2. The molecule has 0 aromatic heterocycles. The van der Waals surface area contributed by atoms with E-state index in [2.05, 4.69) is 5.32 Å². The van der Waals surface area contributed by atoms with Crippen molar-refractivity contribution in [3.8, 4) is 0 Å². The van der Waals surface area contributed by atoms with Crippen LogP contribution in [0.4, 0.5) is 4.79 Å². The maximum Gasteiger partial charge on any atom is 0.407 e. The lowest BCUT2D eigenvalue weighted by Crippen LogP contribution is -2.39. The van der Waals surface area contributed by atoms with E-state index in [1.165, 1.54) is 19.3 Å². The minimum atomic E-state index is -0.392. The van der Waals surface area contributed by atoms with E-state index in [4.69, 9.17) is 4.74 Å². The molecule has 1 N–H and O–H groups in total. The minimum absolute atomic E-state index is 0.256. The number of carbonyl (C=O) groups excluding carboxylic acids is 1. The van der Waals surface area contributed by atoms with Crippen LogP contribution in [0.15, 0.2) is 0 Å². The highest BCUT2D eigenvalue weighted by Crippen LogP contribution is 2.47. The molecule has 3 heteroatoms. The van der Waals surface area contributed by atoms with Crippen molar-refractivity contribution < 1.29 is 9.53 Å². The molecular weight excluding hydrogens is 202 g/mol. The van der Waals surface area contributed by atoms with Crippen LogP contribution in [0.5, 0.6) is 0 Å². The summed E-state index contributed by atoms with van der Waals surface area (Å²) in [5.41, 5.74) is -0.392. The van der Waals surface area contributed by atoms with Crippen molar-refractivity contribution in [2.45, 2.75) is 64.5 Å². The molecule has 0 aromatic carbocycles. The molecule has 0 aromatic rings. The number of hydrogen-bond donors (Lipinski definition) is 1. The SMILES string of the molecule is CC(C)(C)OC(=O)NC1CC[C@@H]2C[C@@H]2CC1. The summed E-state index contributed by atoms with van der Waals surface area (Å²) in [4.78, 5) is 11.6. The zero-order valence-electron chi connectivity index (χ0n) is 10.6. The van der Waals surface area contributed by atoms with E-state index in [9.17, 15) is 4.79 Å². The van der Waals surface area contributed by atoms with Gasteiger partial charge in [0.15, 0.2) is 0 Å². The lowest BCUT2D eigenvalue weighted by atomic mass is 10.1. The van der Waals surface area contributed by atoms with Gasteiger partial charge in [-0.15, -0.1) is 0 Å². The maximum absolute atomic E-state index is 11.6. The van der Waals surface area contributed by atoms with Crippen LogP contribution < -0.4 is 5.32 Å². The first-order chi connectivity index (χ1) is 7.44. The normalized spacial score (nSPS) is 33.6. The maximum atomic E-state index is 11.6. The molecule has 2 aliphatic carbocycles. The van der Waals surface area contributed by atoms with Crippen molar-refractivity contribution in [2.24, 2.45) is 11.8 Å². The van der Waals surface area contributed by atoms with Crippen LogP contribution in [0.3, 0.4) is 0 Å². The number of hydrogen-bond acceptors (Lipinski definition) is 2. The third kappa shape index (κ3) is 3.39. The summed E-state index contributed by atoms with van der Waals surface area (Å²) in [6, 6.07) is 0.336. The predicted molar refractivity (Wildman–Crippen MR) is 63.2 cm³/mol. The summed E-state index contributed by atoms with van der Waals surface area (Å²) in [6.07, 6.45) is 5.99. The summed E-state index contributed by atoms with van der Waals surface area (Å²) in [6.45, 7) is 5.69. The highest BCUT2D eigenvalue weighted by atomic mass is 16.6. The molecule has 92 valence electrons. The number of rotatable bonds is 1. The van der Waals surface area contributed by atoms with Crippen LogP contribution in [0.1, 0.15) is 52.9 Å². The number of amides is 1. The Hall–Kier alpha value is -0.730. The van der Waals surface area contributed by atoms with Crippen LogP contribution in [-0.4, -0.2) is 17.7 Å². The van der Waals surface area contributed by atoms with Gasteiger partial charge in [0.2, 0.25) is 0 Å². The fraction of sp³-hybridized carbons (Fsp3) is 0.923. The molecule has 1 amide bonds. The van der Waals surface area contributed by atoms with Crippen molar-refractivity contribution in [3.05, 3.63) is 0 Å². The Labute approximate surface area is 97.9 Å². The average Bonchev–Trinajstić information content (AvgIpc) is 2.83. The Morgan fingerprint density at radius 2 is 1.69 bits per heavy atom. The number of alkyl carbamates (subject to hydrolysis) is 1. The molecule has 2 aliphatic rings. The fourth-order valence-corrected chi connectivity index (χ4v) is 2.61. The standard InChI is InChI=1S/C13H23NO2/c1-13(2,3)16-12(15)14-11-6-4-9-8-10(9)5-7-11/h9-11H,4-8H2,1-3H3,(H,14,15)/t9-,10+,11?. The Balaban J connectivity index is 1.74. The molecule has 3 atom stereocenters. The van der Waals surface area contributed by atoms with Crippen LogP contribution >= 0.6 is 0 Å². The summed E-state index contributed by atoms with van der Waals surface area (Å²) < 4.78 is 5.27. The van der Waals surface area contributed by atoms with Crippen molar-refractivity contribution in [1.82, 2.24) is 5.32 Å². The summed E-state index contributed by atoms with van der Waals surface area (Å²) in [5.74, 6) is 1.93. The van der Waals surface area contributed by atoms with Gasteiger partial charge in [-0.3, -0.25) is 0 Å². The minimum Gasteiger partial charge on any atom is -0.444 e. The van der Waals surface area contributed by atoms with Gasteiger partial charge in [0.1, 0.15) is 5.60 Å². The Morgan fingerprint density at radius 1 is 1.12 bits per heavy atom. The van der Waals surface area contributed by atoms with Gasteiger partial charge < -0.3 is 10.1 Å². The molecule has 2 saturated carbocycles. The Bertz CT molecular complexity index is 258. The van der Waals surface area contributed by atoms with Gasteiger partial charge in [0.05, 0.1) is 0 Å². The van der Waals surface area contributed by atoms with Gasteiger partial charge in [-0.1, -0.05) is 0 Å². The Morgan fingerprint density at radius 3 is 2.19 bits per heavy atom. The van der Waals surface area contributed by atoms with E-state index in [0.29, 0.717) is 6.04 Å². The van der Waals surface area contributed by atoms with Gasteiger partial charge in [-0.2, -0.15) is 0 Å². The molecule has 3 nitrogen and oxygen atoms in total. The van der Waals surface area contributed by atoms with Crippen molar-refractivity contribution in [3.63, 3.8) is 0 Å². The van der Waals surface area contributed by atoms with Gasteiger partial charge in [0.25, 0.3) is 0 Å². The Kier molecular flexibility index (Phi) is 3.13. The third-order valence-electron chi connectivity index (χ3n) is 3.56. The second kappa shape index (κ2) is 4.27. The van der Waals surface area contributed by atoms with Crippen molar-refractivity contribution in [2.75, 3.05) is 0 Å². The first-order valence-electron chi connectivity index (χ1n) is 6.43. The lowest BCUT2D eigenvalue weighted by molar-refractivity contribution is 0.0499. The molecule has 0 bridgehead atoms. The molecule has 0 heterocycles. The van der Waals surface area contributed by atoms with E-state index >= 15 is 0 Å². The molecule has 0 saturated heterocycles. The monoisotopic (exact) mass is 225 g/mol. The average molecular weight is 225 g/mol. The lowest BCUT2D eigenvalue weighted by Gasteiger charge is -2.23. The van der Waals surface area contributed by atoms with Crippen LogP contribution in [0.25, 0.3) is 0 Å². The van der Waals surface area contributed by atoms with E-state index < -0.39 is 5.60 Å². The second-order valence-corrected chi connectivity index (χ2v) is 6.25. The number of fused-ring (bicyclic) bond motifs is 1. The predicted octanol–water partition coefficient (Wildman–Crippen LogP) is 3.09. The third-order valence-corrected chi connectivity index (χ3v) is 3.56. The molecule has 2 fully saturated rings. The molecule has 2 rings (SSSR count). The van der Waals surface area contributed by atoms with E-state index in [0.717, 1.165) is 24.7 Å². The molecule has 0 radical (unpaired) electrons. The van der Waals surface area contributed by atoms with Gasteiger partial charge in [0, 0.05) is 6.04 Å². The number of ether oxygens (including phenoxy) is 1. The van der Waals surface area contributed by atoms with E-state index in [1.54, 1.807) is 0 Å². The highest BCUT2D eigenvalue weighted by molar-refractivity contribution is 5.68. The van der Waals surface area contributed by atoms with Crippen molar-refractivity contribution >= 4 is 6.09 Å². The summed E-state index contributed by atoms with van der Waals surface area (Å²) >= 11 is 0. The van der Waals surface area contributed by atoms with Crippen LogP contribution in [-0.2, 0) is 4.74 Å². The van der Waals surface area contributed by atoms with Gasteiger partial charge in [-0.25, -0.2) is 4.79 Å². The van der Waals surface area contributed by atoms with Gasteiger partial charge in [-0.05, 0) is 64.7 Å². The molecule has 0 spiro atoms. The van der Waals surface area contributed by atoms with Crippen molar-refractivity contribution in [1.29, 1.82) is 0 Å². The first kappa shape index (κ1) is 11.7. The fourth-order valence-electron chi connectivity index (χ4n) is 2.61. The number of nitrogens with one attached hydrogen (secondary N) is 1. The van der Waals surface area contributed by atoms with E-state index in [1.807, 2.05) is 20.8 Å². The van der Waals surface area contributed by atoms with Crippen LogP contribution in [0.2, 0.25) is 0 Å². The summed E-state index contributed by atoms with van der Waals surface area (Å²) in [7, 11) is 0. The molecule has 1 unspecified atom stereocenters. The molecule has 16 heavy (non-hydrogen) atoms. The highest BCUT2D eigenvalue weighted by Gasteiger charge is 2.39. The molecule has 0 aliphatic heterocycles.